The number of hydrogen-bond donors (Lipinski definition) is 2. The van der Waals surface area contributed by atoms with Gasteiger partial charge in [0.25, 0.3) is 15.9 Å². The van der Waals surface area contributed by atoms with Crippen molar-refractivity contribution in [3.8, 4) is 5.75 Å². The van der Waals surface area contributed by atoms with Crippen molar-refractivity contribution in [2.24, 2.45) is 0 Å². The molecule has 0 aliphatic heterocycles. The number of aromatic amines is 1. The molecule has 3 rings (SSSR count). The fraction of sp³-hybridized carbons (Fsp3) is 0.182. The maximum atomic E-state index is 13.3. The summed E-state index contributed by atoms with van der Waals surface area (Å²) in [6.45, 7) is 5.91. The number of sulfonamides is 1. The fourth-order valence-corrected chi connectivity index (χ4v) is 4.30. The van der Waals surface area contributed by atoms with E-state index in [0.717, 1.165) is 4.31 Å². The number of para-hydroxylation sites is 2. The Balaban J connectivity index is 2.07. The molecular weight excluding hydrogens is 418 g/mol. The van der Waals surface area contributed by atoms with Crippen molar-refractivity contribution in [1.29, 1.82) is 0 Å². The summed E-state index contributed by atoms with van der Waals surface area (Å²) in [4.78, 5) is 27.9. The van der Waals surface area contributed by atoms with Crippen LogP contribution in [0, 0.1) is 0 Å². The average Bonchev–Trinajstić information content (AvgIpc) is 2.77. The second-order valence-corrected chi connectivity index (χ2v) is 8.58. The van der Waals surface area contributed by atoms with Crippen LogP contribution in [-0.2, 0) is 10.0 Å². The third kappa shape index (κ3) is 4.31. The molecule has 31 heavy (non-hydrogen) atoms. The second kappa shape index (κ2) is 9.05. The maximum absolute atomic E-state index is 13.3. The molecule has 0 radical (unpaired) electrons. The Hall–Kier alpha value is -3.59. The Morgan fingerprint density at radius 1 is 1.26 bits per heavy atom. The van der Waals surface area contributed by atoms with E-state index in [1.165, 1.54) is 37.5 Å². The molecule has 0 fully saturated rings. The third-order valence-electron chi connectivity index (χ3n) is 4.67. The number of pyridine rings is 1. The van der Waals surface area contributed by atoms with Crippen molar-refractivity contribution in [1.82, 2.24) is 10.3 Å². The fourth-order valence-electron chi connectivity index (χ4n) is 3.07. The maximum Gasteiger partial charge on any atom is 0.264 e. The van der Waals surface area contributed by atoms with Crippen LogP contribution in [-0.4, -0.2) is 39.5 Å². The summed E-state index contributed by atoms with van der Waals surface area (Å²) in [6, 6.07) is 11.0. The molecule has 3 aromatic rings. The van der Waals surface area contributed by atoms with Crippen LogP contribution >= 0.6 is 0 Å². The molecule has 0 spiro atoms. The van der Waals surface area contributed by atoms with Gasteiger partial charge in [0.15, 0.2) is 0 Å². The lowest BCUT2D eigenvalue weighted by molar-refractivity contribution is 0.0957. The Kier molecular flexibility index (Phi) is 6.45. The van der Waals surface area contributed by atoms with Crippen molar-refractivity contribution in [2.75, 3.05) is 24.5 Å². The molecule has 8 nitrogen and oxygen atoms in total. The van der Waals surface area contributed by atoms with E-state index in [4.69, 9.17) is 4.74 Å². The molecule has 0 aliphatic carbocycles. The Labute approximate surface area is 180 Å². The molecule has 2 aromatic carbocycles. The lowest BCUT2D eigenvalue weighted by Gasteiger charge is -2.22. The van der Waals surface area contributed by atoms with Gasteiger partial charge < -0.3 is 15.0 Å². The number of carbonyl (C=O) groups is 1. The number of H-pyrrole nitrogens is 1. The molecule has 1 aromatic heterocycles. The monoisotopic (exact) mass is 441 g/mol. The molecule has 0 atom stereocenters. The zero-order valence-electron chi connectivity index (χ0n) is 17.2. The van der Waals surface area contributed by atoms with Crippen LogP contribution in [0.3, 0.4) is 0 Å². The minimum Gasteiger partial charge on any atom is -0.492 e. The number of fused-ring (bicyclic) bond motifs is 1. The molecule has 0 saturated carbocycles. The summed E-state index contributed by atoms with van der Waals surface area (Å²) in [5.74, 6) is -0.144. The zero-order valence-corrected chi connectivity index (χ0v) is 18.0. The van der Waals surface area contributed by atoms with Gasteiger partial charge in [-0.2, -0.15) is 0 Å². The van der Waals surface area contributed by atoms with E-state index in [0.29, 0.717) is 23.6 Å². The lowest BCUT2D eigenvalue weighted by atomic mass is 10.1. The molecule has 0 bridgehead atoms. The minimum atomic E-state index is -4.00. The quantitative estimate of drug-likeness (QED) is 0.523. The van der Waals surface area contributed by atoms with Crippen molar-refractivity contribution in [3.05, 3.63) is 77.1 Å². The van der Waals surface area contributed by atoms with Crippen LogP contribution in [0.4, 0.5) is 5.69 Å². The molecular formula is C22H23N3O5S. The van der Waals surface area contributed by atoms with E-state index in [1.807, 2.05) is 6.92 Å². The Morgan fingerprint density at radius 3 is 2.71 bits per heavy atom. The van der Waals surface area contributed by atoms with Gasteiger partial charge >= 0.3 is 0 Å². The van der Waals surface area contributed by atoms with Crippen LogP contribution in [0.15, 0.2) is 71.0 Å². The van der Waals surface area contributed by atoms with Crippen molar-refractivity contribution in [2.45, 2.75) is 11.8 Å². The van der Waals surface area contributed by atoms with Crippen molar-refractivity contribution in [3.63, 3.8) is 0 Å². The number of nitrogens with zero attached hydrogens (tertiary/aromatic N) is 1. The Bertz CT molecular complexity index is 1300. The number of rotatable bonds is 8. The first-order valence-corrected chi connectivity index (χ1v) is 11.0. The second-order valence-electron chi connectivity index (χ2n) is 6.61. The van der Waals surface area contributed by atoms with E-state index in [2.05, 4.69) is 16.9 Å². The first kappa shape index (κ1) is 22.1. The molecule has 9 heteroatoms. The van der Waals surface area contributed by atoms with Gasteiger partial charge in [-0.3, -0.25) is 13.9 Å². The molecule has 162 valence electrons. The number of anilines is 1. The zero-order chi connectivity index (χ0) is 22.6. The highest BCUT2D eigenvalue weighted by Crippen LogP contribution is 2.31. The summed E-state index contributed by atoms with van der Waals surface area (Å²) in [5, 5.41) is 2.64. The highest BCUT2D eigenvalue weighted by molar-refractivity contribution is 7.92. The SMILES string of the molecule is C=CCNC(=O)c1c[nH]c2ccc(S(=O)(=O)N(C)c3ccccc3OCC)cc2c1=O. The Morgan fingerprint density at radius 2 is 2.00 bits per heavy atom. The van der Waals surface area contributed by atoms with Gasteiger partial charge in [-0.25, -0.2) is 8.42 Å². The summed E-state index contributed by atoms with van der Waals surface area (Å²) >= 11 is 0. The number of carbonyl (C=O) groups excluding carboxylic acids is 1. The highest BCUT2D eigenvalue weighted by Gasteiger charge is 2.25. The number of aromatic nitrogens is 1. The highest BCUT2D eigenvalue weighted by atomic mass is 32.2. The van der Waals surface area contributed by atoms with Crippen molar-refractivity contribution >= 4 is 32.5 Å². The van der Waals surface area contributed by atoms with E-state index in [-0.39, 0.29) is 22.4 Å². The topological polar surface area (TPSA) is 109 Å². The normalized spacial score (nSPS) is 11.2. The predicted molar refractivity (Wildman–Crippen MR) is 120 cm³/mol. The first-order valence-electron chi connectivity index (χ1n) is 9.56. The van der Waals surface area contributed by atoms with Crippen LogP contribution in [0.5, 0.6) is 5.75 Å². The van der Waals surface area contributed by atoms with E-state index in [9.17, 15) is 18.0 Å². The van der Waals surface area contributed by atoms with E-state index < -0.39 is 21.4 Å². The molecule has 1 amide bonds. The number of hydrogen-bond acceptors (Lipinski definition) is 5. The summed E-state index contributed by atoms with van der Waals surface area (Å²) < 4.78 is 33.2. The van der Waals surface area contributed by atoms with Gasteiger partial charge in [0.2, 0.25) is 5.43 Å². The van der Waals surface area contributed by atoms with Gasteiger partial charge in [-0.1, -0.05) is 18.2 Å². The average molecular weight is 442 g/mol. The number of nitrogens with one attached hydrogen (secondary N) is 2. The van der Waals surface area contributed by atoms with Gasteiger partial charge in [0.1, 0.15) is 11.3 Å². The molecule has 0 aliphatic rings. The number of benzene rings is 2. The minimum absolute atomic E-state index is 0.0806. The van der Waals surface area contributed by atoms with Gasteiger partial charge in [0.05, 0.1) is 17.2 Å². The molecule has 0 unspecified atom stereocenters. The lowest BCUT2D eigenvalue weighted by Crippen LogP contribution is -2.29. The third-order valence-corrected chi connectivity index (χ3v) is 6.43. The standard InChI is InChI=1S/C22H23N3O5S/c1-4-12-23-22(27)17-14-24-18-11-10-15(13-16(18)21(17)26)31(28,29)25(3)19-8-6-7-9-20(19)30-5-2/h4,6-11,13-14H,1,5,12H2,2-3H3,(H,23,27)(H,24,26). The van der Waals surface area contributed by atoms with Crippen LogP contribution < -0.4 is 19.8 Å². The molecule has 0 saturated heterocycles. The first-order chi connectivity index (χ1) is 14.8. The summed E-state index contributed by atoms with van der Waals surface area (Å²) in [7, 11) is -2.58. The van der Waals surface area contributed by atoms with Crippen LogP contribution in [0.1, 0.15) is 17.3 Å². The van der Waals surface area contributed by atoms with Crippen LogP contribution in [0.2, 0.25) is 0 Å². The smallest absolute Gasteiger partial charge is 0.264 e. The van der Waals surface area contributed by atoms with Crippen molar-refractivity contribution < 1.29 is 17.9 Å². The molecule has 1 heterocycles. The number of amides is 1. The van der Waals surface area contributed by atoms with Gasteiger partial charge in [-0.15, -0.1) is 6.58 Å². The van der Waals surface area contributed by atoms with Gasteiger partial charge in [0, 0.05) is 30.7 Å². The largest absolute Gasteiger partial charge is 0.492 e. The summed E-state index contributed by atoms with van der Waals surface area (Å²) in [5.41, 5.74) is 0.112. The molecule has 2 N–H and O–H groups in total. The van der Waals surface area contributed by atoms with E-state index in [1.54, 1.807) is 24.3 Å². The van der Waals surface area contributed by atoms with Crippen LogP contribution in [0.25, 0.3) is 10.9 Å². The van der Waals surface area contributed by atoms with Gasteiger partial charge in [-0.05, 0) is 37.3 Å². The number of ether oxygens (including phenoxy) is 1. The predicted octanol–water partition coefficient (Wildman–Crippen LogP) is 2.67. The summed E-state index contributed by atoms with van der Waals surface area (Å²) in [6.07, 6.45) is 2.80. The van der Waals surface area contributed by atoms with E-state index >= 15 is 0 Å².